The summed E-state index contributed by atoms with van der Waals surface area (Å²) in [4.78, 5) is 27.3. The summed E-state index contributed by atoms with van der Waals surface area (Å²) in [5, 5.41) is 2.83. The fraction of sp³-hybridized carbons (Fsp3) is 0.391. The van der Waals surface area contributed by atoms with Gasteiger partial charge in [-0.3, -0.25) is 9.59 Å². The number of amides is 2. The maximum absolute atomic E-state index is 13.1. The van der Waals surface area contributed by atoms with Gasteiger partial charge in [0.2, 0.25) is 11.8 Å². The van der Waals surface area contributed by atoms with Gasteiger partial charge in [0.05, 0.1) is 6.42 Å². The first kappa shape index (κ1) is 20.7. The van der Waals surface area contributed by atoms with E-state index >= 15 is 0 Å². The molecule has 2 aromatic carbocycles. The van der Waals surface area contributed by atoms with Crippen molar-refractivity contribution in [3.63, 3.8) is 0 Å². The molecule has 0 fully saturated rings. The number of benzene rings is 2. The standard InChI is InChI=1S/C23H30N2O2/c1-6-24-23(27)19(5)25(15-21-10-8-7-9-18(21)4)22(26)14-20-12-16(2)11-17(3)13-20/h7-13,19H,6,14-15H2,1-5H3,(H,24,27). The first-order valence-corrected chi connectivity index (χ1v) is 9.50. The van der Waals surface area contributed by atoms with Gasteiger partial charge in [-0.1, -0.05) is 53.6 Å². The third-order valence-electron chi connectivity index (χ3n) is 4.76. The quantitative estimate of drug-likeness (QED) is 0.812. The number of hydrogen-bond donors (Lipinski definition) is 1. The van der Waals surface area contributed by atoms with E-state index in [9.17, 15) is 9.59 Å². The molecule has 0 heterocycles. The molecule has 0 spiro atoms. The summed E-state index contributed by atoms with van der Waals surface area (Å²) in [5.74, 6) is -0.165. The predicted molar refractivity (Wildman–Crippen MR) is 109 cm³/mol. The Balaban J connectivity index is 2.28. The minimum absolute atomic E-state index is 0.0398. The zero-order chi connectivity index (χ0) is 20.0. The Labute approximate surface area is 162 Å². The molecule has 0 aliphatic heterocycles. The molecule has 0 saturated heterocycles. The lowest BCUT2D eigenvalue weighted by Crippen LogP contribution is -2.48. The van der Waals surface area contributed by atoms with E-state index in [0.29, 0.717) is 13.1 Å². The fourth-order valence-electron chi connectivity index (χ4n) is 3.32. The van der Waals surface area contributed by atoms with Gasteiger partial charge in [0.25, 0.3) is 0 Å². The smallest absolute Gasteiger partial charge is 0.242 e. The number of hydrogen-bond acceptors (Lipinski definition) is 2. The van der Waals surface area contributed by atoms with Crippen LogP contribution in [-0.4, -0.2) is 29.3 Å². The third-order valence-corrected chi connectivity index (χ3v) is 4.76. The van der Waals surface area contributed by atoms with Crippen LogP contribution >= 0.6 is 0 Å². The van der Waals surface area contributed by atoms with Gasteiger partial charge in [0.1, 0.15) is 6.04 Å². The van der Waals surface area contributed by atoms with Crippen LogP contribution in [0.2, 0.25) is 0 Å². The summed E-state index contributed by atoms with van der Waals surface area (Å²) < 4.78 is 0. The van der Waals surface area contributed by atoms with E-state index in [-0.39, 0.29) is 18.2 Å². The maximum atomic E-state index is 13.1. The summed E-state index contributed by atoms with van der Waals surface area (Å²) in [7, 11) is 0. The molecule has 2 amide bonds. The number of carbonyl (C=O) groups excluding carboxylic acids is 2. The molecule has 0 radical (unpaired) electrons. The monoisotopic (exact) mass is 366 g/mol. The van der Waals surface area contributed by atoms with Gasteiger partial charge in [-0.2, -0.15) is 0 Å². The van der Waals surface area contributed by atoms with Gasteiger partial charge in [-0.05, 0) is 51.3 Å². The molecule has 1 unspecified atom stereocenters. The molecule has 0 aromatic heterocycles. The van der Waals surface area contributed by atoms with Gasteiger partial charge in [0.15, 0.2) is 0 Å². The van der Waals surface area contributed by atoms with Crippen LogP contribution in [0, 0.1) is 20.8 Å². The number of carbonyl (C=O) groups is 2. The number of rotatable bonds is 7. The Kier molecular flexibility index (Phi) is 7.17. The third kappa shape index (κ3) is 5.68. The van der Waals surface area contributed by atoms with E-state index in [1.807, 2.05) is 64.1 Å². The fourth-order valence-corrected chi connectivity index (χ4v) is 3.32. The number of likely N-dealkylation sites (N-methyl/N-ethyl adjacent to an activating group) is 1. The average Bonchev–Trinajstić information content (AvgIpc) is 2.59. The topological polar surface area (TPSA) is 49.4 Å². The highest BCUT2D eigenvalue weighted by atomic mass is 16.2. The Morgan fingerprint density at radius 3 is 2.26 bits per heavy atom. The molecule has 2 aromatic rings. The number of nitrogens with one attached hydrogen (secondary N) is 1. The van der Waals surface area contributed by atoms with Crippen molar-refractivity contribution in [3.05, 3.63) is 70.3 Å². The van der Waals surface area contributed by atoms with Crippen molar-refractivity contribution >= 4 is 11.8 Å². The first-order chi connectivity index (χ1) is 12.8. The van der Waals surface area contributed by atoms with Crippen LogP contribution in [0.15, 0.2) is 42.5 Å². The van der Waals surface area contributed by atoms with Crippen LogP contribution in [0.5, 0.6) is 0 Å². The number of nitrogens with zero attached hydrogens (tertiary/aromatic N) is 1. The Morgan fingerprint density at radius 2 is 1.67 bits per heavy atom. The van der Waals surface area contributed by atoms with Gasteiger partial charge in [-0.15, -0.1) is 0 Å². The molecule has 0 aliphatic rings. The highest BCUT2D eigenvalue weighted by molar-refractivity contribution is 5.88. The van der Waals surface area contributed by atoms with E-state index in [1.54, 1.807) is 11.8 Å². The van der Waals surface area contributed by atoms with E-state index in [0.717, 1.165) is 27.8 Å². The zero-order valence-electron chi connectivity index (χ0n) is 17.0. The van der Waals surface area contributed by atoms with Crippen LogP contribution in [0.25, 0.3) is 0 Å². The van der Waals surface area contributed by atoms with Crippen LogP contribution in [0.4, 0.5) is 0 Å². The number of aryl methyl sites for hydroxylation is 3. The molecule has 2 rings (SSSR count). The summed E-state index contributed by atoms with van der Waals surface area (Å²) >= 11 is 0. The molecular formula is C23H30N2O2. The highest BCUT2D eigenvalue weighted by Gasteiger charge is 2.26. The molecule has 0 aliphatic carbocycles. The van der Waals surface area contributed by atoms with Crippen molar-refractivity contribution in [3.8, 4) is 0 Å². The Morgan fingerprint density at radius 1 is 1.04 bits per heavy atom. The summed E-state index contributed by atoms with van der Waals surface area (Å²) in [6.45, 7) is 10.7. The van der Waals surface area contributed by atoms with Gasteiger partial charge >= 0.3 is 0 Å². The Bertz CT molecular complexity index is 794. The zero-order valence-corrected chi connectivity index (χ0v) is 17.0. The second kappa shape index (κ2) is 9.36. The van der Waals surface area contributed by atoms with E-state index in [4.69, 9.17) is 0 Å². The van der Waals surface area contributed by atoms with E-state index < -0.39 is 6.04 Å². The SMILES string of the molecule is CCNC(=O)C(C)N(Cc1ccccc1C)C(=O)Cc1cc(C)cc(C)c1. The summed E-state index contributed by atoms with van der Waals surface area (Å²) in [5.41, 5.74) is 5.43. The normalized spacial score (nSPS) is 11.7. The van der Waals surface area contributed by atoms with Gasteiger partial charge < -0.3 is 10.2 Å². The van der Waals surface area contributed by atoms with Crippen LogP contribution in [0.3, 0.4) is 0 Å². The molecule has 1 atom stereocenters. The molecule has 144 valence electrons. The van der Waals surface area contributed by atoms with Crippen LogP contribution in [0.1, 0.15) is 41.7 Å². The molecule has 0 bridgehead atoms. The van der Waals surface area contributed by atoms with Crippen molar-refractivity contribution in [2.24, 2.45) is 0 Å². The maximum Gasteiger partial charge on any atom is 0.242 e. The van der Waals surface area contributed by atoms with Gasteiger partial charge in [0, 0.05) is 13.1 Å². The lowest BCUT2D eigenvalue weighted by Gasteiger charge is -2.29. The predicted octanol–water partition coefficient (Wildman–Crippen LogP) is 3.71. The molecule has 0 saturated carbocycles. The Hall–Kier alpha value is -2.62. The molecule has 1 N–H and O–H groups in total. The van der Waals surface area contributed by atoms with Crippen molar-refractivity contribution in [1.29, 1.82) is 0 Å². The van der Waals surface area contributed by atoms with Crippen LogP contribution in [-0.2, 0) is 22.6 Å². The van der Waals surface area contributed by atoms with Crippen molar-refractivity contribution in [2.45, 2.75) is 53.6 Å². The molecular weight excluding hydrogens is 336 g/mol. The average molecular weight is 367 g/mol. The molecule has 27 heavy (non-hydrogen) atoms. The van der Waals surface area contributed by atoms with Crippen LogP contribution < -0.4 is 5.32 Å². The summed E-state index contributed by atoms with van der Waals surface area (Å²) in [6, 6.07) is 13.6. The highest BCUT2D eigenvalue weighted by Crippen LogP contribution is 2.16. The molecule has 4 heteroatoms. The first-order valence-electron chi connectivity index (χ1n) is 9.50. The largest absolute Gasteiger partial charge is 0.355 e. The minimum atomic E-state index is -0.525. The second-order valence-electron chi connectivity index (χ2n) is 7.19. The lowest BCUT2D eigenvalue weighted by atomic mass is 10.0. The van der Waals surface area contributed by atoms with Crippen molar-refractivity contribution in [2.75, 3.05) is 6.54 Å². The van der Waals surface area contributed by atoms with Gasteiger partial charge in [-0.25, -0.2) is 0 Å². The second-order valence-corrected chi connectivity index (χ2v) is 7.19. The van der Waals surface area contributed by atoms with Crippen molar-refractivity contribution in [1.82, 2.24) is 10.2 Å². The lowest BCUT2D eigenvalue weighted by molar-refractivity contribution is -0.140. The van der Waals surface area contributed by atoms with E-state index in [1.165, 1.54) is 0 Å². The summed E-state index contributed by atoms with van der Waals surface area (Å²) in [6.07, 6.45) is 0.290. The molecule has 4 nitrogen and oxygen atoms in total. The minimum Gasteiger partial charge on any atom is -0.355 e. The van der Waals surface area contributed by atoms with Crippen molar-refractivity contribution < 1.29 is 9.59 Å². The van der Waals surface area contributed by atoms with E-state index in [2.05, 4.69) is 11.4 Å².